The Balaban J connectivity index is 1.84. The molecular formula is C23H17OSe2. The first-order valence-corrected chi connectivity index (χ1v) is 11.8. The molecule has 0 bridgehead atoms. The van der Waals surface area contributed by atoms with Crippen LogP contribution in [0.1, 0.15) is 5.56 Å². The van der Waals surface area contributed by atoms with Crippen LogP contribution in [0.3, 0.4) is 0 Å². The number of hydrogen-bond donors (Lipinski definition) is 0. The Morgan fingerprint density at radius 2 is 1.04 bits per heavy atom. The number of rotatable bonds is 5. The van der Waals surface area contributed by atoms with E-state index in [1.807, 2.05) is 60.7 Å². The molecule has 26 heavy (non-hydrogen) atoms. The SMILES string of the molecule is [O]C([Se]c1ccccc1)([Se]c1ccccc1)c1cccc2ccccc12. The van der Waals surface area contributed by atoms with Crippen LogP contribution in [0.2, 0.25) is 0 Å². The summed E-state index contributed by atoms with van der Waals surface area (Å²) >= 11 is -0.400. The van der Waals surface area contributed by atoms with Crippen LogP contribution in [0, 0.1) is 0 Å². The van der Waals surface area contributed by atoms with Gasteiger partial charge in [-0.3, -0.25) is 0 Å². The zero-order valence-corrected chi connectivity index (χ0v) is 17.5. The second-order valence-corrected chi connectivity index (χ2v) is 12.5. The minimum atomic E-state index is -1.09. The number of hydrogen-bond acceptors (Lipinski definition) is 0. The molecule has 4 aromatic rings. The van der Waals surface area contributed by atoms with Crippen molar-refractivity contribution in [3.63, 3.8) is 0 Å². The van der Waals surface area contributed by atoms with Gasteiger partial charge in [-0.05, 0) is 0 Å². The molecule has 0 aliphatic heterocycles. The Bertz CT molecular complexity index is 953. The molecule has 1 radical (unpaired) electrons. The quantitative estimate of drug-likeness (QED) is 0.401. The monoisotopic (exact) mass is 469 g/mol. The Morgan fingerprint density at radius 3 is 1.65 bits per heavy atom. The van der Waals surface area contributed by atoms with E-state index in [0.29, 0.717) is 0 Å². The molecular weight excluding hydrogens is 450 g/mol. The number of benzene rings is 4. The summed E-state index contributed by atoms with van der Waals surface area (Å²) in [5, 5.41) is 16.5. The van der Waals surface area contributed by atoms with E-state index in [1.165, 1.54) is 0 Å². The van der Waals surface area contributed by atoms with E-state index in [1.54, 1.807) is 0 Å². The second kappa shape index (κ2) is 7.80. The molecule has 0 N–H and O–H groups in total. The van der Waals surface area contributed by atoms with Gasteiger partial charge in [-0.15, -0.1) is 0 Å². The van der Waals surface area contributed by atoms with Crippen LogP contribution in [0.15, 0.2) is 103 Å². The maximum atomic E-state index is 14.3. The van der Waals surface area contributed by atoms with Crippen molar-refractivity contribution in [1.29, 1.82) is 0 Å². The van der Waals surface area contributed by atoms with Gasteiger partial charge in [0.1, 0.15) is 0 Å². The van der Waals surface area contributed by atoms with Crippen molar-refractivity contribution in [3.05, 3.63) is 109 Å². The summed E-state index contributed by atoms with van der Waals surface area (Å²) in [5.74, 6) is 0. The first-order chi connectivity index (χ1) is 12.7. The predicted octanol–water partition coefficient (Wildman–Crippen LogP) is 3.44. The third-order valence-corrected chi connectivity index (χ3v) is 10.1. The maximum absolute atomic E-state index is 14.3. The van der Waals surface area contributed by atoms with E-state index in [9.17, 15) is 5.11 Å². The topological polar surface area (TPSA) is 19.9 Å². The molecule has 0 aliphatic rings. The van der Waals surface area contributed by atoms with Gasteiger partial charge in [-0.25, -0.2) is 0 Å². The summed E-state index contributed by atoms with van der Waals surface area (Å²) in [7, 11) is 0. The van der Waals surface area contributed by atoms with Gasteiger partial charge in [0.15, 0.2) is 0 Å². The molecule has 0 fully saturated rings. The Morgan fingerprint density at radius 1 is 0.538 bits per heavy atom. The Hall–Kier alpha value is -1.86. The van der Waals surface area contributed by atoms with Crippen molar-refractivity contribution in [2.75, 3.05) is 0 Å². The summed E-state index contributed by atoms with van der Waals surface area (Å²) in [6.07, 6.45) is 0. The molecule has 127 valence electrons. The Labute approximate surface area is 166 Å². The van der Waals surface area contributed by atoms with E-state index >= 15 is 0 Å². The van der Waals surface area contributed by atoms with Crippen molar-refractivity contribution >= 4 is 49.6 Å². The fourth-order valence-electron chi connectivity index (χ4n) is 2.91. The molecule has 4 aromatic carbocycles. The van der Waals surface area contributed by atoms with E-state index in [0.717, 1.165) is 25.3 Å². The van der Waals surface area contributed by atoms with Gasteiger partial charge in [0, 0.05) is 0 Å². The van der Waals surface area contributed by atoms with Crippen molar-refractivity contribution in [3.8, 4) is 0 Å². The van der Waals surface area contributed by atoms with Crippen LogP contribution in [0.4, 0.5) is 0 Å². The molecule has 0 saturated carbocycles. The molecule has 0 aliphatic carbocycles. The fourth-order valence-corrected chi connectivity index (χ4v) is 9.29. The zero-order valence-electron chi connectivity index (χ0n) is 14.0. The van der Waals surface area contributed by atoms with Crippen molar-refractivity contribution in [2.45, 2.75) is 3.40 Å². The van der Waals surface area contributed by atoms with Crippen LogP contribution < -0.4 is 8.92 Å². The summed E-state index contributed by atoms with van der Waals surface area (Å²) in [5.41, 5.74) is 0.934. The third-order valence-electron chi connectivity index (χ3n) is 4.11. The predicted molar refractivity (Wildman–Crippen MR) is 110 cm³/mol. The van der Waals surface area contributed by atoms with Crippen molar-refractivity contribution < 1.29 is 5.11 Å². The van der Waals surface area contributed by atoms with Crippen LogP contribution in [0.5, 0.6) is 0 Å². The first-order valence-electron chi connectivity index (χ1n) is 8.41. The van der Waals surface area contributed by atoms with Gasteiger partial charge in [0.2, 0.25) is 0 Å². The molecule has 4 rings (SSSR count). The minimum absolute atomic E-state index is 0.200. The van der Waals surface area contributed by atoms with Crippen LogP contribution in [0.25, 0.3) is 10.8 Å². The first kappa shape index (κ1) is 17.5. The third kappa shape index (κ3) is 3.78. The molecule has 0 spiro atoms. The van der Waals surface area contributed by atoms with Crippen molar-refractivity contribution in [2.24, 2.45) is 0 Å². The summed E-state index contributed by atoms with van der Waals surface area (Å²) < 4.78 is 1.21. The van der Waals surface area contributed by atoms with Gasteiger partial charge < -0.3 is 0 Å². The van der Waals surface area contributed by atoms with Crippen LogP contribution >= 0.6 is 0 Å². The zero-order chi connectivity index (χ0) is 17.8. The standard InChI is InChI=1S/C23H17OSe2/c24-23(25-19-12-3-1-4-13-19,26-20-14-5-2-6-15-20)22-17-9-11-18-10-7-8-16-21(18)22/h1-17H. The normalized spacial score (nSPS) is 11.6. The molecule has 0 atom stereocenters. The van der Waals surface area contributed by atoms with Crippen LogP contribution in [-0.4, -0.2) is 29.9 Å². The van der Waals surface area contributed by atoms with Gasteiger partial charge in [-0.2, -0.15) is 0 Å². The fraction of sp³-hybridized carbons (Fsp3) is 0.0435. The second-order valence-electron chi connectivity index (χ2n) is 5.91. The summed E-state index contributed by atoms with van der Waals surface area (Å²) in [6, 6.07) is 34.8. The molecule has 0 amide bonds. The van der Waals surface area contributed by atoms with E-state index in [2.05, 4.69) is 42.5 Å². The van der Waals surface area contributed by atoms with Crippen molar-refractivity contribution in [1.82, 2.24) is 0 Å². The van der Waals surface area contributed by atoms with Gasteiger partial charge in [-0.1, -0.05) is 0 Å². The van der Waals surface area contributed by atoms with Crippen LogP contribution in [-0.2, 0) is 8.50 Å². The number of fused-ring (bicyclic) bond motifs is 1. The molecule has 0 unspecified atom stereocenters. The van der Waals surface area contributed by atoms with Gasteiger partial charge >= 0.3 is 167 Å². The average Bonchev–Trinajstić information content (AvgIpc) is 2.69. The Kier molecular flexibility index (Phi) is 5.26. The average molecular weight is 467 g/mol. The molecule has 0 saturated heterocycles. The van der Waals surface area contributed by atoms with E-state index in [4.69, 9.17) is 0 Å². The molecule has 0 aromatic heterocycles. The molecule has 3 heteroatoms. The van der Waals surface area contributed by atoms with E-state index in [-0.39, 0.29) is 29.9 Å². The van der Waals surface area contributed by atoms with Gasteiger partial charge in [0.25, 0.3) is 0 Å². The molecule has 0 heterocycles. The summed E-state index contributed by atoms with van der Waals surface area (Å²) in [6.45, 7) is 0. The summed E-state index contributed by atoms with van der Waals surface area (Å²) in [4.78, 5) is 0. The van der Waals surface area contributed by atoms with Gasteiger partial charge in [0.05, 0.1) is 0 Å². The van der Waals surface area contributed by atoms with E-state index < -0.39 is 3.40 Å². The molecule has 1 nitrogen and oxygen atoms in total.